The molecule has 0 radical (unpaired) electrons. The Morgan fingerprint density at radius 1 is 1.53 bits per heavy atom. The van der Waals surface area contributed by atoms with E-state index in [-0.39, 0.29) is 6.61 Å². The van der Waals surface area contributed by atoms with Crippen molar-refractivity contribution in [3.8, 4) is 5.75 Å². The van der Waals surface area contributed by atoms with E-state index in [4.69, 9.17) is 16.3 Å². The second-order valence-corrected chi connectivity index (χ2v) is 5.13. The second-order valence-electron chi connectivity index (χ2n) is 4.73. The van der Waals surface area contributed by atoms with Crippen molar-refractivity contribution in [3.63, 3.8) is 0 Å². The zero-order valence-corrected chi connectivity index (χ0v) is 10.8. The molecular formula is C13H18ClNO2. The Hall–Kier alpha value is -0.770. The molecule has 1 fully saturated rings. The van der Waals surface area contributed by atoms with Crippen molar-refractivity contribution in [3.05, 3.63) is 28.8 Å². The van der Waals surface area contributed by atoms with Gasteiger partial charge in [0.25, 0.3) is 0 Å². The minimum absolute atomic E-state index is 0.281. The third-order valence-electron chi connectivity index (χ3n) is 3.03. The molecule has 0 saturated carbocycles. The van der Waals surface area contributed by atoms with E-state index in [0.717, 1.165) is 24.9 Å². The smallest absolute Gasteiger partial charge is 0.138 e. The van der Waals surface area contributed by atoms with Gasteiger partial charge in [-0.1, -0.05) is 17.7 Å². The molecule has 3 nitrogen and oxygen atoms in total. The van der Waals surface area contributed by atoms with Gasteiger partial charge in [0.2, 0.25) is 0 Å². The first-order valence-electron chi connectivity index (χ1n) is 5.91. The lowest BCUT2D eigenvalue weighted by Gasteiger charge is -2.32. The van der Waals surface area contributed by atoms with Crippen molar-refractivity contribution in [1.82, 2.24) is 5.32 Å². The summed E-state index contributed by atoms with van der Waals surface area (Å²) in [4.78, 5) is 0. The van der Waals surface area contributed by atoms with Crippen LogP contribution in [0.25, 0.3) is 0 Å². The van der Waals surface area contributed by atoms with Crippen molar-refractivity contribution in [2.24, 2.45) is 0 Å². The van der Waals surface area contributed by atoms with Gasteiger partial charge >= 0.3 is 0 Å². The molecule has 4 heteroatoms. The number of ether oxygens (including phenoxy) is 1. The van der Waals surface area contributed by atoms with Crippen molar-refractivity contribution >= 4 is 11.6 Å². The highest BCUT2D eigenvalue weighted by Gasteiger charge is 2.30. The molecule has 1 saturated heterocycles. The fourth-order valence-corrected chi connectivity index (χ4v) is 2.18. The Balaban J connectivity index is 1.99. The molecule has 1 atom stereocenters. The van der Waals surface area contributed by atoms with Crippen molar-refractivity contribution < 1.29 is 9.84 Å². The fraction of sp³-hybridized carbons (Fsp3) is 0.538. The fourth-order valence-electron chi connectivity index (χ4n) is 2.01. The van der Waals surface area contributed by atoms with Crippen molar-refractivity contribution in [2.75, 3.05) is 19.7 Å². The van der Waals surface area contributed by atoms with Gasteiger partial charge in [-0.25, -0.2) is 0 Å². The molecule has 1 aliphatic rings. The van der Waals surface area contributed by atoms with Crippen LogP contribution in [-0.4, -0.2) is 30.4 Å². The first-order valence-corrected chi connectivity index (χ1v) is 6.29. The molecule has 1 aromatic carbocycles. The molecule has 1 aromatic rings. The minimum Gasteiger partial charge on any atom is -0.489 e. The normalized spacial score (nSPS) is 24.6. The van der Waals surface area contributed by atoms with E-state index in [1.165, 1.54) is 0 Å². The van der Waals surface area contributed by atoms with Gasteiger partial charge in [-0.2, -0.15) is 0 Å². The summed E-state index contributed by atoms with van der Waals surface area (Å²) >= 11 is 6.04. The number of nitrogens with one attached hydrogen (secondary N) is 1. The van der Waals surface area contributed by atoms with Gasteiger partial charge in [0.15, 0.2) is 0 Å². The highest BCUT2D eigenvalue weighted by atomic mass is 35.5. The SMILES string of the molecule is Cc1ccc(Cl)c(OCC2(O)CCCNC2)c1. The van der Waals surface area contributed by atoms with Crippen LogP contribution in [0.1, 0.15) is 18.4 Å². The van der Waals surface area contributed by atoms with Gasteiger partial charge < -0.3 is 15.2 Å². The van der Waals surface area contributed by atoms with Crippen molar-refractivity contribution in [2.45, 2.75) is 25.4 Å². The number of rotatable bonds is 3. The van der Waals surface area contributed by atoms with Crippen LogP contribution in [0.3, 0.4) is 0 Å². The maximum atomic E-state index is 10.3. The number of aryl methyl sites for hydroxylation is 1. The summed E-state index contributed by atoms with van der Waals surface area (Å²) in [6.07, 6.45) is 1.74. The second kappa shape index (κ2) is 5.25. The van der Waals surface area contributed by atoms with Crippen LogP contribution in [0.2, 0.25) is 5.02 Å². The Kier molecular flexibility index (Phi) is 3.92. The molecular weight excluding hydrogens is 238 g/mol. The number of β-amino-alcohol motifs (C(OH)–C–C–N with tert-alkyl or cyclic N) is 1. The average molecular weight is 256 g/mol. The van der Waals surface area contributed by atoms with E-state index in [2.05, 4.69) is 5.32 Å². The van der Waals surface area contributed by atoms with Crippen LogP contribution in [0.5, 0.6) is 5.75 Å². The third-order valence-corrected chi connectivity index (χ3v) is 3.35. The van der Waals surface area contributed by atoms with Crippen LogP contribution in [0.4, 0.5) is 0 Å². The Bertz CT molecular complexity index is 389. The zero-order chi connectivity index (χ0) is 12.3. The van der Waals surface area contributed by atoms with Gasteiger partial charge in [0.1, 0.15) is 18.0 Å². The lowest BCUT2D eigenvalue weighted by atomic mass is 9.95. The van der Waals surface area contributed by atoms with Gasteiger partial charge in [0.05, 0.1) is 5.02 Å². The van der Waals surface area contributed by atoms with E-state index >= 15 is 0 Å². The summed E-state index contributed by atoms with van der Waals surface area (Å²) in [5, 5.41) is 14.0. The summed E-state index contributed by atoms with van der Waals surface area (Å²) < 4.78 is 5.64. The van der Waals surface area contributed by atoms with E-state index < -0.39 is 5.60 Å². The Morgan fingerprint density at radius 3 is 3.06 bits per heavy atom. The largest absolute Gasteiger partial charge is 0.489 e. The minimum atomic E-state index is -0.772. The van der Waals surface area contributed by atoms with Gasteiger partial charge in [-0.3, -0.25) is 0 Å². The molecule has 2 N–H and O–H groups in total. The Labute approximate surface area is 107 Å². The average Bonchev–Trinajstić information content (AvgIpc) is 2.31. The summed E-state index contributed by atoms with van der Waals surface area (Å²) in [6.45, 7) is 3.81. The highest BCUT2D eigenvalue weighted by molar-refractivity contribution is 6.32. The molecule has 0 spiro atoms. The number of halogens is 1. The lowest BCUT2D eigenvalue weighted by molar-refractivity contribution is -0.0230. The first-order chi connectivity index (χ1) is 8.09. The summed E-state index contributed by atoms with van der Waals surface area (Å²) in [7, 11) is 0. The summed E-state index contributed by atoms with van der Waals surface area (Å²) in [5.41, 5.74) is 0.323. The van der Waals surface area contributed by atoms with Crippen molar-refractivity contribution in [1.29, 1.82) is 0 Å². The Morgan fingerprint density at radius 2 is 2.35 bits per heavy atom. The quantitative estimate of drug-likeness (QED) is 0.870. The van der Waals surface area contributed by atoms with Crippen LogP contribution in [0, 0.1) is 6.92 Å². The molecule has 1 unspecified atom stereocenters. The van der Waals surface area contributed by atoms with Gasteiger partial charge in [0, 0.05) is 6.54 Å². The van der Waals surface area contributed by atoms with Crippen LogP contribution < -0.4 is 10.1 Å². The van der Waals surface area contributed by atoms with Crippen LogP contribution in [-0.2, 0) is 0 Å². The standard InChI is InChI=1S/C13H18ClNO2/c1-10-3-4-11(14)12(7-10)17-9-13(16)5-2-6-15-8-13/h3-4,7,15-16H,2,5-6,8-9H2,1H3. The van der Waals surface area contributed by atoms with Crippen LogP contribution in [0.15, 0.2) is 18.2 Å². The van der Waals surface area contributed by atoms with Gasteiger partial charge in [-0.05, 0) is 44.0 Å². The molecule has 2 rings (SSSR count). The topological polar surface area (TPSA) is 41.5 Å². The first kappa shape index (κ1) is 12.7. The predicted octanol–water partition coefficient (Wildman–Crippen LogP) is 2.14. The molecule has 0 amide bonds. The maximum absolute atomic E-state index is 10.3. The van der Waals surface area contributed by atoms with E-state index in [1.54, 1.807) is 0 Å². The maximum Gasteiger partial charge on any atom is 0.138 e. The molecule has 17 heavy (non-hydrogen) atoms. The van der Waals surface area contributed by atoms with E-state index in [0.29, 0.717) is 17.3 Å². The van der Waals surface area contributed by atoms with Gasteiger partial charge in [-0.15, -0.1) is 0 Å². The molecule has 0 aromatic heterocycles. The highest BCUT2D eigenvalue weighted by Crippen LogP contribution is 2.27. The molecule has 1 heterocycles. The zero-order valence-electron chi connectivity index (χ0n) is 10.0. The number of piperidine rings is 1. The number of benzene rings is 1. The van der Waals surface area contributed by atoms with E-state index in [9.17, 15) is 5.11 Å². The molecule has 94 valence electrons. The number of hydrogen-bond donors (Lipinski definition) is 2. The van der Waals surface area contributed by atoms with E-state index in [1.807, 2.05) is 25.1 Å². The number of hydrogen-bond acceptors (Lipinski definition) is 3. The molecule has 0 aliphatic carbocycles. The number of aliphatic hydroxyl groups is 1. The predicted molar refractivity (Wildman–Crippen MR) is 68.7 cm³/mol. The van der Waals surface area contributed by atoms with Crippen LogP contribution >= 0.6 is 11.6 Å². The monoisotopic (exact) mass is 255 g/mol. The summed E-state index contributed by atoms with van der Waals surface area (Å²) in [5.74, 6) is 0.644. The molecule has 0 bridgehead atoms. The lowest BCUT2D eigenvalue weighted by Crippen LogP contribution is -2.49. The summed E-state index contributed by atoms with van der Waals surface area (Å²) in [6, 6.07) is 5.64. The molecule has 1 aliphatic heterocycles. The third kappa shape index (κ3) is 3.35.